The quantitative estimate of drug-likeness (QED) is 0.807. The van der Waals surface area contributed by atoms with Gasteiger partial charge in [-0.25, -0.2) is 0 Å². The second-order valence-corrected chi connectivity index (χ2v) is 7.30. The summed E-state index contributed by atoms with van der Waals surface area (Å²) in [6, 6.07) is 0.197. The summed E-state index contributed by atoms with van der Waals surface area (Å²) < 4.78 is 0. The lowest BCUT2D eigenvalue weighted by molar-refractivity contribution is -0.140. The zero-order chi connectivity index (χ0) is 16.2. The monoisotopic (exact) mass is 322 g/mol. The van der Waals surface area contributed by atoms with Crippen molar-refractivity contribution in [3.05, 3.63) is 0 Å². The van der Waals surface area contributed by atoms with Crippen LogP contribution in [-0.4, -0.2) is 78.4 Å². The molecule has 2 amide bonds. The number of carbonyl (C=O) groups excluding carboxylic acids is 2. The van der Waals surface area contributed by atoms with Crippen LogP contribution < -0.4 is 5.73 Å². The van der Waals surface area contributed by atoms with E-state index >= 15 is 0 Å². The van der Waals surface area contributed by atoms with E-state index in [4.69, 9.17) is 5.73 Å². The number of hydrogen-bond acceptors (Lipinski definition) is 4. The summed E-state index contributed by atoms with van der Waals surface area (Å²) in [7, 11) is 0. The van der Waals surface area contributed by atoms with Gasteiger partial charge in [-0.3, -0.25) is 14.5 Å². The molecule has 1 saturated carbocycles. The van der Waals surface area contributed by atoms with Crippen LogP contribution >= 0.6 is 0 Å². The Kier molecular flexibility index (Phi) is 5.54. The van der Waals surface area contributed by atoms with Crippen LogP contribution in [0.15, 0.2) is 0 Å². The van der Waals surface area contributed by atoms with E-state index in [2.05, 4.69) is 4.90 Å². The van der Waals surface area contributed by atoms with Crippen LogP contribution in [-0.2, 0) is 9.59 Å². The van der Waals surface area contributed by atoms with Crippen LogP contribution in [0.5, 0.6) is 0 Å². The molecular formula is C17H30N4O2. The number of nitrogens with two attached hydrogens (primary N) is 1. The number of amides is 2. The number of carbonyl (C=O) groups is 2. The van der Waals surface area contributed by atoms with Crippen molar-refractivity contribution in [1.29, 1.82) is 0 Å². The minimum absolute atomic E-state index is 0.197. The molecule has 23 heavy (non-hydrogen) atoms. The second kappa shape index (κ2) is 7.62. The van der Waals surface area contributed by atoms with Crippen molar-refractivity contribution >= 4 is 11.8 Å². The molecule has 0 aromatic carbocycles. The van der Waals surface area contributed by atoms with Gasteiger partial charge in [0.1, 0.15) is 0 Å². The Hall–Kier alpha value is -1.14. The van der Waals surface area contributed by atoms with Crippen molar-refractivity contribution in [2.45, 2.75) is 44.6 Å². The average Bonchev–Trinajstić information content (AvgIpc) is 3.20. The highest BCUT2D eigenvalue weighted by Crippen LogP contribution is 2.27. The zero-order valence-corrected chi connectivity index (χ0v) is 14.1. The lowest BCUT2D eigenvalue weighted by Crippen LogP contribution is -2.52. The van der Waals surface area contributed by atoms with Gasteiger partial charge in [-0.2, -0.15) is 0 Å². The first-order valence-corrected chi connectivity index (χ1v) is 9.17. The van der Waals surface area contributed by atoms with Crippen LogP contribution in [0.4, 0.5) is 0 Å². The highest BCUT2D eigenvalue weighted by Gasteiger charge is 2.30. The van der Waals surface area contributed by atoms with Crippen LogP contribution in [0.2, 0.25) is 0 Å². The molecule has 2 heterocycles. The van der Waals surface area contributed by atoms with Gasteiger partial charge in [0.2, 0.25) is 11.8 Å². The molecule has 0 spiro atoms. The van der Waals surface area contributed by atoms with E-state index in [1.807, 2.05) is 9.80 Å². The predicted octanol–water partition coefficient (Wildman–Crippen LogP) is 0.271. The summed E-state index contributed by atoms with van der Waals surface area (Å²) in [5, 5.41) is 0. The maximum Gasteiger partial charge on any atom is 0.236 e. The third-order valence-corrected chi connectivity index (χ3v) is 5.70. The van der Waals surface area contributed by atoms with Gasteiger partial charge in [0.05, 0.1) is 6.54 Å². The minimum atomic E-state index is 0.197. The SMILES string of the molecule is N[C@@H]1CCC[C@H]1CC(=O)N1CCN(C(=O)CN2CCCC2)CC1. The van der Waals surface area contributed by atoms with Crippen molar-refractivity contribution in [2.75, 3.05) is 45.8 Å². The van der Waals surface area contributed by atoms with Gasteiger partial charge in [-0.1, -0.05) is 6.42 Å². The Morgan fingerprint density at radius 3 is 2.00 bits per heavy atom. The van der Waals surface area contributed by atoms with Gasteiger partial charge in [-0.05, 0) is 44.7 Å². The number of piperazine rings is 1. The van der Waals surface area contributed by atoms with Gasteiger partial charge in [0.25, 0.3) is 0 Å². The lowest BCUT2D eigenvalue weighted by Gasteiger charge is -2.36. The van der Waals surface area contributed by atoms with E-state index in [9.17, 15) is 9.59 Å². The molecule has 0 unspecified atom stereocenters. The van der Waals surface area contributed by atoms with Gasteiger partial charge < -0.3 is 15.5 Å². The summed E-state index contributed by atoms with van der Waals surface area (Å²) in [6.07, 6.45) is 6.29. The molecule has 3 aliphatic rings. The molecule has 6 nitrogen and oxygen atoms in total. The summed E-state index contributed by atoms with van der Waals surface area (Å²) in [4.78, 5) is 30.8. The van der Waals surface area contributed by atoms with Gasteiger partial charge in [0, 0.05) is 38.6 Å². The highest BCUT2D eigenvalue weighted by molar-refractivity contribution is 5.80. The van der Waals surface area contributed by atoms with Crippen molar-refractivity contribution in [1.82, 2.24) is 14.7 Å². The summed E-state index contributed by atoms with van der Waals surface area (Å²) in [5.74, 6) is 0.799. The normalized spacial score (nSPS) is 29.3. The molecule has 3 fully saturated rings. The van der Waals surface area contributed by atoms with E-state index in [0.29, 0.717) is 45.1 Å². The first-order valence-electron chi connectivity index (χ1n) is 9.17. The molecule has 2 saturated heterocycles. The Morgan fingerprint density at radius 2 is 1.43 bits per heavy atom. The van der Waals surface area contributed by atoms with Gasteiger partial charge in [0.15, 0.2) is 0 Å². The van der Waals surface area contributed by atoms with Crippen LogP contribution in [0.3, 0.4) is 0 Å². The van der Waals surface area contributed by atoms with Crippen molar-refractivity contribution in [2.24, 2.45) is 11.7 Å². The van der Waals surface area contributed by atoms with Crippen LogP contribution in [0.25, 0.3) is 0 Å². The van der Waals surface area contributed by atoms with E-state index < -0.39 is 0 Å². The van der Waals surface area contributed by atoms with Crippen LogP contribution in [0, 0.1) is 5.92 Å². The molecule has 0 bridgehead atoms. The van der Waals surface area contributed by atoms with E-state index in [1.165, 1.54) is 12.8 Å². The number of nitrogens with zero attached hydrogens (tertiary/aromatic N) is 3. The zero-order valence-electron chi connectivity index (χ0n) is 14.1. The van der Waals surface area contributed by atoms with E-state index in [0.717, 1.165) is 32.4 Å². The van der Waals surface area contributed by atoms with Crippen molar-refractivity contribution < 1.29 is 9.59 Å². The highest BCUT2D eigenvalue weighted by atomic mass is 16.2. The Morgan fingerprint density at radius 1 is 0.826 bits per heavy atom. The van der Waals surface area contributed by atoms with Crippen molar-refractivity contribution in [3.63, 3.8) is 0 Å². The van der Waals surface area contributed by atoms with E-state index in [1.54, 1.807) is 0 Å². The number of rotatable bonds is 4. The fourth-order valence-electron chi connectivity index (χ4n) is 4.11. The Bertz CT molecular complexity index is 428. The van der Waals surface area contributed by atoms with E-state index in [-0.39, 0.29) is 17.9 Å². The molecule has 0 aromatic heterocycles. The molecule has 6 heteroatoms. The van der Waals surface area contributed by atoms with Gasteiger partial charge >= 0.3 is 0 Å². The molecule has 0 aromatic rings. The largest absolute Gasteiger partial charge is 0.339 e. The molecule has 2 atom stereocenters. The molecule has 1 aliphatic carbocycles. The molecule has 2 aliphatic heterocycles. The van der Waals surface area contributed by atoms with Crippen LogP contribution in [0.1, 0.15) is 38.5 Å². The second-order valence-electron chi connectivity index (χ2n) is 7.30. The third kappa shape index (κ3) is 4.23. The summed E-state index contributed by atoms with van der Waals surface area (Å²) in [6.45, 7) is 5.34. The minimum Gasteiger partial charge on any atom is -0.339 e. The van der Waals surface area contributed by atoms with Gasteiger partial charge in [-0.15, -0.1) is 0 Å². The maximum absolute atomic E-state index is 12.4. The first-order chi connectivity index (χ1) is 11.1. The summed E-state index contributed by atoms with van der Waals surface area (Å²) >= 11 is 0. The molecular weight excluding hydrogens is 292 g/mol. The smallest absolute Gasteiger partial charge is 0.236 e. The molecule has 130 valence electrons. The first kappa shape index (κ1) is 16.7. The molecule has 3 rings (SSSR count). The maximum atomic E-state index is 12.4. The number of likely N-dealkylation sites (tertiary alicyclic amines) is 1. The fourth-order valence-corrected chi connectivity index (χ4v) is 4.11. The standard InChI is InChI=1S/C17H30N4O2/c18-15-5-3-4-14(15)12-16(22)20-8-10-21(11-9-20)17(23)13-19-6-1-2-7-19/h14-15H,1-13,18H2/t14-,15+/m0/s1. The Labute approximate surface area is 139 Å². The third-order valence-electron chi connectivity index (χ3n) is 5.70. The molecule has 2 N–H and O–H groups in total. The summed E-state index contributed by atoms with van der Waals surface area (Å²) in [5.41, 5.74) is 6.07. The Balaban J connectivity index is 1.40. The van der Waals surface area contributed by atoms with Crippen molar-refractivity contribution in [3.8, 4) is 0 Å². The fraction of sp³-hybridized carbons (Fsp3) is 0.882. The predicted molar refractivity (Wildman–Crippen MR) is 88.8 cm³/mol. The average molecular weight is 322 g/mol. The molecule has 0 radical (unpaired) electrons. The number of hydrogen-bond donors (Lipinski definition) is 1. The lowest BCUT2D eigenvalue weighted by atomic mass is 9.99. The topological polar surface area (TPSA) is 69.9 Å².